The van der Waals surface area contributed by atoms with Gasteiger partial charge in [0, 0.05) is 29.8 Å². The van der Waals surface area contributed by atoms with Crippen molar-refractivity contribution >= 4 is 35.2 Å². The Labute approximate surface area is 183 Å². The van der Waals surface area contributed by atoms with Crippen LogP contribution in [-0.4, -0.2) is 47.1 Å². The quantitative estimate of drug-likeness (QED) is 0.382. The minimum atomic E-state index is -1.15. The summed E-state index contributed by atoms with van der Waals surface area (Å²) in [6.07, 6.45) is -1.25. The summed E-state index contributed by atoms with van der Waals surface area (Å²) in [5.41, 5.74) is 3.03. The molecule has 0 saturated carbocycles. The normalized spacial score (nSPS) is 16.6. The van der Waals surface area contributed by atoms with Gasteiger partial charge < -0.3 is 4.74 Å². The van der Waals surface area contributed by atoms with Gasteiger partial charge in [-0.25, -0.2) is 4.39 Å². The van der Waals surface area contributed by atoms with Crippen LogP contribution in [0.5, 0.6) is 0 Å². The fourth-order valence-corrected chi connectivity index (χ4v) is 3.33. The molecule has 3 rings (SSSR count). The van der Waals surface area contributed by atoms with Gasteiger partial charge in [0.1, 0.15) is 5.82 Å². The standard InChI is InChI=1S/C22H20ClFN2O5/c23-11-10-18(20(28)14-6-8-17(24)9-7-14)31-22(30)16-12-19(27)26(13-16)25-21(29)15-4-2-1-3-5-15/h1-9,16,18H,10-13H2,(H,25,29)/t16-,18+/m0/s1. The molecule has 0 unspecified atom stereocenters. The second kappa shape index (κ2) is 10.2. The highest BCUT2D eigenvalue weighted by molar-refractivity contribution is 6.18. The van der Waals surface area contributed by atoms with Crippen LogP contribution in [0.3, 0.4) is 0 Å². The second-order valence-corrected chi connectivity index (χ2v) is 7.36. The lowest BCUT2D eigenvalue weighted by atomic mass is 10.0. The monoisotopic (exact) mass is 446 g/mol. The third kappa shape index (κ3) is 5.67. The first-order valence-corrected chi connectivity index (χ1v) is 10.1. The van der Waals surface area contributed by atoms with Gasteiger partial charge >= 0.3 is 5.97 Å². The number of hydrogen-bond donors (Lipinski definition) is 1. The molecular formula is C22H20ClFN2O5. The van der Waals surface area contributed by atoms with Crippen LogP contribution in [0.4, 0.5) is 4.39 Å². The van der Waals surface area contributed by atoms with Crippen LogP contribution in [0.15, 0.2) is 54.6 Å². The van der Waals surface area contributed by atoms with Crippen molar-refractivity contribution in [2.75, 3.05) is 12.4 Å². The molecule has 0 bridgehead atoms. The first kappa shape index (κ1) is 22.4. The largest absolute Gasteiger partial charge is 0.454 e. The Balaban J connectivity index is 1.62. The molecule has 162 valence electrons. The number of hydrogen-bond acceptors (Lipinski definition) is 5. The predicted octanol–water partition coefficient (Wildman–Crippen LogP) is 2.74. The number of ketones is 1. The minimum Gasteiger partial charge on any atom is -0.454 e. The molecule has 2 aromatic rings. The van der Waals surface area contributed by atoms with E-state index in [0.29, 0.717) is 5.56 Å². The summed E-state index contributed by atoms with van der Waals surface area (Å²) >= 11 is 5.74. The fraction of sp³-hybridized carbons (Fsp3) is 0.273. The Hall–Kier alpha value is -3.26. The number of rotatable bonds is 8. The van der Waals surface area contributed by atoms with E-state index in [1.54, 1.807) is 30.3 Å². The molecule has 1 aliphatic heterocycles. The van der Waals surface area contributed by atoms with Gasteiger partial charge in [0.05, 0.1) is 12.5 Å². The number of nitrogens with one attached hydrogen (secondary N) is 1. The summed E-state index contributed by atoms with van der Waals surface area (Å²) in [7, 11) is 0. The number of nitrogens with zero attached hydrogens (tertiary/aromatic N) is 1. The van der Waals surface area contributed by atoms with Crippen LogP contribution in [0.1, 0.15) is 33.6 Å². The Morgan fingerprint density at radius 3 is 2.42 bits per heavy atom. The van der Waals surface area contributed by atoms with Gasteiger partial charge in [-0.05, 0) is 36.4 Å². The Kier molecular flexibility index (Phi) is 7.36. The Morgan fingerprint density at radius 2 is 1.77 bits per heavy atom. The maximum absolute atomic E-state index is 13.1. The number of Topliss-reactive ketones (excluding diaryl/α,β-unsaturated/α-hetero) is 1. The van der Waals surface area contributed by atoms with Crippen LogP contribution in [-0.2, 0) is 14.3 Å². The van der Waals surface area contributed by atoms with Crippen LogP contribution >= 0.6 is 11.6 Å². The van der Waals surface area contributed by atoms with Crippen LogP contribution in [0.25, 0.3) is 0 Å². The number of ether oxygens (including phenoxy) is 1. The molecule has 1 saturated heterocycles. The lowest BCUT2D eigenvalue weighted by Gasteiger charge is -2.19. The van der Waals surface area contributed by atoms with Crippen molar-refractivity contribution in [3.05, 3.63) is 71.5 Å². The SMILES string of the molecule is O=C(NN1C[C@@H](C(=O)O[C@H](CCCl)C(=O)c2ccc(F)cc2)CC1=O)c1ccccc1. The molecule has 0 aromatic heterocycles. The number of amides is 2. The molecular weight excluding hydrogens is 427 g/mol. The van der Waals surface area contributed by atoms with Gasteiger partial charge in [-0.2, -0.15) is 0 Å². The van der Waals surface area contributed by atoms with Gasteiger partial charge in [-0.1, -0.05) is 18.2 Å². The number of hydrazine groups is 1. The highest BCUT2D eigenvalue weighted by Gasteiger charge is 2.38. The van der Waals surface area contributed by atoms with E-state index in [2.05, 4.69) is 5.43 Å². The van der Waals surface area contributed by atoms with Crippen molar-refractivity contribution in [2.45, 2.75) is 18.9 Å². The molecule has 1 heterocycles. The van der Waals surface area contributed by atoms with Crippen molar-refractivity contribution in [2.24, 2.45) is 5.92 Å². The van der Waals surface area contributed by atoms with Crippen LogP contribution in [0, 0.1) is 11.7 Å². The maximum Gasteiger partial charge on any atom is 0.312 e. The van der Waals surface area contributed by atoms with E-state index in [1.165, 1.54) is 12.1 Å². The summed E-state index contributed by atoms with van der Waals surface area (Å²) in [6.45, 7) is -0.0748. The van der Waals surface area contributed by atoms with E-state index >= 15 is 0 Å². The van der Waals surface area contributed by atoms with Crippen LogP contribution in [0.2, 0.25) is 0 Å². The van der Waals surface area contributed by atoms with Crippen molar-refractivity contribution in [3.63, 3.8) is 0 Å². The zero-order valence-corrected chi connectivity index (χ0v) is 17.2. The maximum atomic E-state index is 13.1. The van der Waals surface area contributed by atoms with Crippen molar-refractivity contribution < 1.29 is 28.3 Å². The summed E-state index contributed by atoms with van der Waals surface area (Å²) in [6, 6.07) is 13.2. The predicted molar refractivity (Wildman–Crippen MR) is 110 cm³/mol. The van der Waals surface area contributed by atoms with E-state index < -0.39 is 41.4 Å². The first-order valence-electron chi connectivity index (χ1n) is 9.61. The Bertz CT molecular complexity index is 968. The smallest absolute Gasteiger partial charge is 0.312 e. The molecule has 0 aliphatic carbocycles. The van der Waals surface area contributed by atoms with E-state index in [0.717, 1.165) is 17.1 Å². The molecule has 7 nitrogen and oxygen atoms in total. The van der Waals surface area contributed by atoms with Crippen molar-refractivity contribution in [1.82, 2.24) is 10.4 Å². The van der Waals surface area contributed by atoms with Gasteiger partial charge in [0.25, 0.3) is 5.91 Å². The highest BCUT2D eigenvalue weighted by atomic mass is 35.5. The number of halogens is 2. The average Bonchev–Trinajstić information content (AvgIpc) is 3.14. The molecule has 2 amide bonds. The molecule has 31 heavy (non-hydrogen) atoms. The van der Waals surface area contributed by atoms with E-state index in [-0.39, 0.29) is 30.8 Å². The average molecular weight is 447 g/mol. The molecule has 0 radical (unpaired) electrons. The number of carbonyl (C=O) groups is 4. The molecule has 1 N–H and O–H groups in total. The molecule has 2 atom stereocenters. The summed E-state index contributed by atoms with van der Waals surface area (Å²) in [5, 5.41) is 1.07. The topological polar surface area (TPSA) is 92.8 Å². The van der Waals surface area contributed by atoms with E-state index in [4.69, 9.17) is 16.3 Å². The van der Waals surface area contributed by atoms with Gasteiger partial charge in [0.2, 0.25) is 11.7 Å². The van der Waals surface area contributed by atoms with E-state index in [9.17, 15) is 23.6 Å². The van der Waals surface area contributed by atoms with Crippen molar-refractivity contribution in [3.8, 4) is 0 Å². The van der Waals surface area contributed by atoms with Gasteiger partial charge in [0.15, 0.2) is 6.10 Å². The zero-order chi connectivity index (χ0) is 22.4. The third-order valence-electron chi connectivity index (χ3n) is 4.78. The molecule has 2 aromatic carbocycles. The van der Waals surface area contributed by atoms with Crippen molar-refractivity contribution in [1.29, 1.82) is 0 Å². The lowest BCUT2D eigenvalue weighted by Crippen LogP contribution is -2.43. The minimum absolute atomic E-state index is 0.0632. The summed E-state index contributed by atoms with van der Waals surface area (Å²) in [5.74, 6) is -3.44. The third-order valence-corrected chi connectivity index (χ3v) is 5.00. The second-order valence-electron chi connectivity index (χ2n) is 6.99. The highest BCUT2D eigenvalue weighted by Crippen LogP contribution is 2.21. The lowest BCUT2D eigenvalue weighted by molar-refractivity contribution is -0.151. The molecule has 1 fully saturated rings. The number of benzene rings is 2. The molecule has 9 heteroatoms. The number of carbonyl (C=O) groups excluding carboxylic acids is 4. The number of esters is 1. The number of alkyl halides is 1. The summed E-state index contributed by atoms with van der Waals surface area (Å²) < 4.78 is 18.5. The molecule has 1 aliphatic rings. The van der Waals surface area contributed by atoms with Crippen LogP contribution < -0.4 is 5.43 Å². The Morgan fingerprint density at radius 1 is 1.10 bits per heavy atom. The summed E-state index contributed by atoms with van der Waals surface area (Å²) in [4.78, 5) is 49.7. The fourth-order valence-electron chi connectivity index (χ4n) is 3.13. The first-order chi connectivity index (χ1) is 14.9. The van der Waals surface area contributed by atoms with E-state index in [1.807, 2.05) is 0 Å². The zero-order valence-electron chi connectivity index (χ0n) is 16.4. The van der Waals surface area contributed by atoms with Gasteiger partial charge in [-0.3, -0.25) is 29.6 Å². The molecule has 0 spiro atoms. The van der Waals surface area contributed by atoms with Gasteiger partial charge in [-0.15, -0.1) is 11.6 Å².